The van der Waals surface area contributed by atoms with E-state index in [1.807, 2.05) is 6.92 Å². The first-order valence-electron chi connectivity index (χ1n) is 4.88. The van der Waals surface area contributed by atoms with E-state index in [9.17, 15) is 0 Å². The molecule has 0 fully saturated rings. The summed E-state index contributed by atoms with van der Waals surface area (Å²) in [6.45, 7) is 7.38. The largest absolute Gasteiger partial charge is 0.369 e. The van der Waals surface area contributed by atoms with E-state index in [0.29, 0.717) is 6.61 Å². The fourth-order valence-corrected chi connectivity index (χ4v) is 1.29. The summed E-state index contributed by atoms with van der Waals surface area (Å²) in [4.78, 5) is 0. The van der Waals surface area contributed by atoms with Crippen molar-refractivity contribution in [3.63, 3.8) is 0 Å². The zero-order valence-electron chi connectivity index (χ0n) is 9.05. The first-order valence-corrected chi connectivity index (χ1v) is 4.88. The maximum Gasteiger partial charge on any atom is 0.108 e. The molecular formula is C13H16O. The molecule has 0 heterocycles. The second-order valence-corrected chi connectivity index (χ2v) is 3.21. The van der Waals surface area contributed by atoms with Crippen molar-refractivity contribution in [2.24, 2.45) is 0 Å². The van der Waals surface area contributed by atoms with Crippen molar-refractivity contribution < 1.29 is 4.74 Å². The molecule has 1 nitrogen and oxygen atoms in total. The second kappa shape index (κ2) is 5.47. The number of rotatable bonds is 2. The monoisotopic (exact) mass is 188 g/mol. The van der Waals surface area contributed by atoms with Crippen LogP contribution < -0.4 is 0 Å². The van der Waals surface area contributed by atoms with E-state index in [1.165, 1.54) is 11.1 Å². The summed E-state index contributed by atoms with van der Waals surface area (Å²) in [7, 11) is 0. The minimum Gasteiger partial charge on any atom is -0.369 e. The van der Waals surface area contributed by atoms with E-state index in [1.54, 1.807) is 0 Å². The molecule has 0 bridgehead atoms. The molecule has 1 heteroatoms. The summed E-state index contributed by atoms with van der Waals surface area (Å²) >= 11 is 0. The summed E-state index contributed by atoms with van der Waals surface area (Å²) in [6, 6.07) is 6.22. The standard InChI is InChI=1S/C13H16O/c1-4-14-10-6-9-13-11(2)7-5-8-12(13)3/h5,7-8H,4,10H2,1-3H3. The fraction of sp³-hybridized carbons (Fsp3) is 0.385. The highest BCUT2D eigenvalue weighted by molar-refractivity contribution is 5.46. The van der Waals surface area contributed by atoms with Crippen LogP contribution in [0.5, 0.6) is 0 Å². The fourth-order valence-electron chi connectivity index (χ4n) is 1.29. The molecule has 0 aliphatic rings. The number of hydrogen-bond acceptors (Lipinski definition) is 1. The minimum absolute atomic E-state index is 0.518. The van der Waals surface area contributed by atoms with Crippen molar-refractivity contribution in [1.29, 1.82) is 0 Å². The third kappa shape index (κ3) is 2.90. The van der Waals surface area contributed by atoms with Crippen LogP contribution >= 0.6 is 0 Å². The van der Waals surface area contributed by atoms with E-state index < -0.39 is 0 Å². The lowest BCUT2D eigenvalue weighted by molar-refractivity contribution is 0.182. The molecule has 74 valence electrons. The van der Waals surface area contributed by atoms with Crippen LogP contribution in [-0.4, -0.2) is 13.2 Å². The topological polar surface area (TPSA) is 9.23 Å². The van der Waals surface area contributed by atoms with E-state index in [-0.39, 0.29) is 0 Å². The van der Waals surface area contributed by atoms with E-state index in [2.05, 4.69) is 43.9 Å². The molecule has 0 aromatic heterocycles. The highest BCUT2D eigenvalue weighted by atomic mass is 16.5. The van der Waals surface area contributed by atoms with Gasteiger partial charge in [-0.2, -0.15) is 0 Å². The van der Waals surface area contributed by atoms with Gasteiger partial charge in [-0.3, -0.25) is 0 Å². The Balaban J connectivity index is 2.78. The number of aryl methyl sites for hydroxylation is 2. The molecule has 0 aliphatic carbocycles. The summed E-state index contributed by atoms with van der Waals surface area (Å²) in [5, 5.41) is 0. The van der Waals surface area contributed by atoms with Crippen LogP contribution in [0.1, 0.15) is 23.6 Å². The molecule has 0 radical (unpaired) electrons. The van der Waals surface area contributed by atoms with Crippen LogP contribution in [-0.2, 0) is 4.74 Å². The lowest BCUT2D eigenvalue weighted by Crippen LogP contribution is -1.90. The van der Waals surface area contributed by atoms with Gasteiger partial charge in [0.25, 0.3) is 0 Å². The molecule has 1 aromatic rings. The molecule has 0 spiro atoms. The molecule has 1 aromatic carbocycles. The Kier molecular flexibility index (Phi) is 4.22. The highest BCUT2D eigenvalue weighted by Crippen LogP contribution is 2.10. The van der Waals surface area contributed by atoms with Gasteiger partial charge >= 0.3 is 0 Å². The van der Waals surface area contributed by atoms with Crippen molar-refractivity contribution in [2.45, 2.75) is 20.8 Å². The van der Waals surface area contributed by atoms with Gasteiger partial charge < -0.3 is 4.74 Å². The second-order valence-electron chi connectivity index (χ2n) is 3.21. The summed E-state index contributed by atoms with van der Waals surface area (Å²) in [5.41, 5.74) is 3.59. The molecule has 0 saturated carbocycles. The summed E-state index contributed by atoms with van der Waals surface area (Å²) in [6.07, 6.45) is 0. The Morgan fingerprint density at radius 2 is 1.86 bits per heavy atom. The smallest absolute Gasteiger partial charge is 0.108 e. The van der Waals surface area contributed by atoms with Gasteiger partial charge in [-0.1, -0.05) is 30.0 Å². The molecule has 0 amide bonds. The minimum atomic E-state index is 0.518. The lowest BCUT2D eigenvalue weighted by Gasteiger charge is -2.01. The number of ether oxygens (including phenoxy) is 1. The van der Waals surface area contributed by atoms with Gasteiger partial charge in [0.15, 0.2) is 0 Å². The van der Waals surface area contributed by atoms with Crippen LogP contribution in [0, 0.1) is 25.7 Å². The predicted molar refractivity (Wildman–Crippen MR) is 59.3 cm³/mol. The Morgan fingerprint density at radius 1 is 1.21 bits per heavy atom. The summed E-state index contributed by atoms with van der Waals surface area (Å²) in [5.74, 6) is 6.15. The third-order valence-electron chi connectivity index (χ3n) is 2.07. The van der Waals surface area contributed by atoms with Crippen LogP contribution in [0.4, 0.5) is 0 Å². The maximum atomic E-state index is 5.16. The normalized spacial score (nSPS) is 9.36. The van der Waals surface area contributed by atoms with Crippen molar-refractivity contribution in [2.75, 3.05) is 13.2 Å². The van der Waals surface area contributed by atoms with Gasteiger partial charge in [-0.15, -0.1) is 0 Å². The van der Waals surface area contributed by atoms with Crippen LogP contribution in [0.25, 0.3) is 0 Å². The average molecular weight is 188 g/mol. The highest BCUT2D eigenvalue weighted by Gasteiger charge is 1.96. The Hall–Kier alpha value is -1.26. The SMILES string of the molecule is CCOCC#Cc1c(C)cccc1C. The van der Waals surface area contributed by atoms with Gasteiger partial charge in [-0.05, 0) is 31.9 Å². The van der Waals surface area contributed by atoms with Gasteiger partial charge in [0, 0.05) is 12.2 Å². The quantitative estimate of drug-likeness (QED) is 0.512. The number of benzene rings is 1. The van der Waals surface area contributed by atoms with Crippen LogP contribution in [0.3, 0.4) is 0 Å². The van der Waals surface area contributed by atoms with E-state index in [4.69, 9.17) is 4.74 Å². The first-order chi connectivity index (χ1) is 6.75. The lowest BCUT2D eigenvalue weighted by atomic mass is 10.0. The predicted octanol–water partition coefficient (Wildman–Crippen LogP) is 2.69. The molecule has 0 saturated heterocycles. The molecule has 0 aliphatic heterocycles. The Bertz CT molecular complexity index is 335. The molecule has 0 unspecified atom stereocenters. The van der Waals surface area contributed by atoms with Crippen molar-refractivity contribution >= 4 is 0 Å². The first kappa shape index (κ1) is 10.8. The Morgan fingerprint density at radius 3 is 2.43 bits per heavy atom. The van der Waals surface area contributed by atoms with E-state index >= 15 is 0 Å². The summed E-state index contributed by atoms with van der Waals surface area (Å²) < 4.78 is 5.16. The molecule has 0 N–H and O–H groups in total. The third-order valence-corrected chi connectivity index (χ3v) is 2.07. The molecule has 1 rings (SSSR count). The number of hydrogen-bond donors (Lipinski definition) is 0. The van der Waals surface area contributed by atoms with Crippen LogP contribution in [0.2, 0.25) is 0 Å². The van der Waals surface area contributed by atoms with Crippen LogP contribution in [0.15, 0.2) is 18.2 Å². The maximum absolute atomic E-state index is 5.16. The van der Waals surface area contributed by atoms with Crippen molar-refractivity contribution in [3.8, 4) is 11.8 Å². The van der Waals surface area contributed by atoms with Gasteiger partial charge in [0.1, 0.15) is 6.61 Å². The Labute approximate surface area is 86.1 Å². The zero-order chi connectivity index (χ0) is 10.4. The average Bonchev–Trinajstić information content (AvgIpc) is 2.16. The van der Waals surface area contributed by atoms with Crippen molar-refractivity contribution in [3.05, 3.63) is 34.9 Å². The van der Waals surface area contributed by atoms with Gasteiger partial charge in [0.2, 0.25) is 0 Å². The van der Waals surface area contributed by atoms with Gasteiger partial charge in [0.05, 0.1) is 0 Å². The molecule has 14 heavy (non-hydrogen) atoms. The zero-order valence-corrected chi connectivity index (χ0v) is 9.05. The van der Waals surface area contributed by atoms with Crippen molar-refractivity contribution in [1.82, 2.24) is 0 Å². The van der Waals surface area contributed by atoms with E-state index in [0.717, 1.165) is 12.2 Å². The van der Waals surface area contributed by atoms with Gasteiger partial charge in [-0.25, -0.2) is 0 Å². The molecule has 0 atom stereocenters. The molecular weight excluding hydrogens is 172 g/mol.